The van der Waals surface area contributed by atoms with E-state index in [4.69, 9.17) is 0 Å². The maximum atomic E-state index is 11.5. The molecule has 0 atom stereocenters. The van der Waals surface area contributed by atoms with Gasteiger partial charge in [0.05, 0.1) is 0 Å². The fourth-order valence-corrected chi connectivity index (χ4v) is 8.26. The largest absolute Gasteiger partial charge is 0.287 e. The van der Waals surface area contributed by atoms with E-state index in [9.17, 15) is 4.79 Å². The summed E-state index contributed by atoms with van der Waals surface area (Å²) in [4.78, 5) is 12.5. The number of hydrogen-bond donors (Lipinski definition) is 0. The highest BCUT2D eigenvalue weighted by atomic mass is 32.2. The first-order valence-electron chi connectivity index (χ1n) is 10.2. The second-order valence-corrected chi connectivity index (χ2v) is 12.0. The lowest BCUT2D eigenvalue weighted by atomic mass is 10.2. The molecule has 0 aliphatic heterocycles. The highest BCUT2D eigenvalue weighted by Gasteiger charge is 2.38. The third-order valence-corrected chi connectivity index (χ3v) is 9.99. The molecule has 0 heterocycles. The van der Waals surface area contributed by atoms with E-state index in [-0.39, 0.29) is 5.12 Å². The quantitative estimate of drug-likeness (QED) is 0.205. The average Bonchev–Trinajstić information content (AvgIpc) is 2.81. The number of thioether (sulfide) groups is 1. The van der Waals surface area contributed by atoms with Crippen LogP contribution in [0.15, 0.2) is 120 Å². The van der Waals surface area contributed by atoms with Gasteiger partial charge in [-0.2, -0.15) is 0 Å². The van der Waals surface area contributed by atoms with Crippen molar-refractivity contribution in [1.29, 1.82) is 0 Å². The number of rotatable bonds is 4. The summed E-state index contributed by atoms with van der Waals surface area (Å²) >= 11 is 1.24. The highest BCUT2D eigenvalue weighted by molar-refractivity contribution is 8.13. The molecular formula is C28H22OSSi. The van der Waals surface area contributed by atoms with Gasteiger partial charge in [-0.05, 0) is 33.8 Å². The van der Waals surface area contributed by atoms with E-state index in [0.29, 0.717) is 0 Å². The van der Waals surface area contributed by atoms with Crippen molar-refractivity contribution in [2.75, 3.05) is 0 Å². The zero-order valence-corrected chi connectivity index (χ0v) is 19.1. The summed E-state index contributed by atoms with van der Waals surface area (Å²) in [6.07, 6.45) is 0. The van der Waals surface area contributed by atoms with E-state index in [0.717, 1.165) is 10.5 Å². The summed E-state index contributed by atoms with van der Waals surface area (Å²) in [6, 6.07) is 39.8. The van der Waals surface area contributed by atoms with Crippen LogP contribution in [0.25, 0.3) is 0 Å². The topological polar surface area (TPSA) is 17.1 Å². The van der Waals surface area contributed by atoms with Crippen molar-refractivity contribution < 1.29 is 4.79 Å². The minimum atomic E-state index is -2.59. The van der Waals surface area contributed by atoms with Crippen LogP contribution < -0.4 is 15.6 Å². The van der Waals surface area contributed by atoms with Crippen LogP contribution in [0.1, 0.15) is 12.5 Å². The van der Waals surface area contributed by atoms with Gasteiger partial charge >= 0.3 is 0 Å². The highest BCUT2D eigenvalue weighted by Crippen LogP contribution is 2.19. The number of carbonyl (C=O) groups excluding carboxylic acids is 1. The van der Waals surface area contributed by atoms with Crippen LogP contribution in [0.3, 0.4) is 0 Å². The van der Waals surface area contributed by atoms with Crippen LogP contribution >= 0.6 is 11.8 Å². The van der Waals surface area contributed by atoms with E-state index >= 15 is 0 Å². The van der Waals surface area contributed by atoms with Crippen LogP contribution in [0, 0.1) is 11.5 Å². The third-order valence-electron chi connectivity index (χ3n) is 5.11. The molecule has 0 unspecified atom stereocenters. The Morgan fingerprint density at radius 3 is 1.61 bits per heavy atom. The van der Waals surface area contributed by atoms with E-state index in [2.05, 4.69) is 102 Å². The second-order valence-electron chi connectivity index (χ2n) is 7.22. The molecule has 3 heteroatoms. The molecule has 4 aromatic carbocycles. The monoisotopic (exact) mass is 434 g/mol. The predicted molar refractivity (Wildman–Crippen MR) is 134 cm³/mol. The lowest BCUT2D eigenvalue weighted by Crippen LogP contribution is -2.66. The van der Waals surface area contributed by atoms with Gasteiger partial charge in [0.1, 0.15) is 0 Å². The minimum Gasteiger partial charge on any atom is -0.287 e. The van der Waals surface area contributed by atoms with E-state index in [1.165, 1.54) is 27.3 Å². The molecule has 31 heavy (non-hydrogen) atoms. The molecule has 150 valence electrons. The van der Waals surface area contributed by atoms with Gasteiger partial charge in [-0.25, -0.2) is 0 Å². The molecule has 0 radical (unpaired) electrons. The van der Waals surface area contributed by atoms with Crippen molar-refractivity contribution in [2.24, 2.45) is 0 Å². The van der Waals surface area contributed by atoms with Crippen LogP contribution in [0.2, 0.25) is 0 Å². The Labute approximate surface area is 189 Å². The molecule has 0 bridgehead atoms. The third kappa shape index (κ3) is 4.72. The first-order valence-corrected chi connectivity index (χ1v) is 13.0. The van der Waals surface area contributed by atoms with Crippen molar-refractivity contribution in [2.45, 2.75) is 11.8 Å². The smallest absolute Gasteiger partial charge is 0.230 e. The molecule has 4 rings (SSSR count). The first kappa shape index (κ1) is 20.9. The summed E-state index contributed by atoms with van der Waals surface area (Å²) in [6.45, 7) is 1.58. The maximum Gasteiger partial charge on any atom is 0.230 e. The fraction of sp³-hybridized carbons (Fsp3) is 0.0357. The second kappa shape index (κ2) is 9.66. The number of benzene rings is 4. The maximum absolute atomic E-state index is 11.5. The molecule has 0 fully saturated rings. The van der Waals surface area contributed by atoms with Crippen molar-refractivity contribution in [3.63, 3.8) is 0 Å². The van der Waals surface area contributed by atoms with Gasteiger partial charge in [-0.15, -0.1) is 5.54 Å². The van der Waals surface area contributed by atoms with Gasteiger partial charge in [0.15, 0.2) is 5.12 Å². The van der Waals surface area contributed by atoms with Crippen LogP contribution in [0.5, 0.6) is 0 Å². The average molecular weight is 435 g/mol. The van der Waals surface area contributed by atoms with Crippen LogP contribution in [-0.2, 0) is 4.79 Å². The standard InChI is InChI=1S/C28H22OSSi/c1-23(29)30-25-13-11-12-24(22-25)20-21-31(26-14-5-2-6-15-26,27-16-7-3-8-17-27)28-18-9-4-10-19-28/h2-19,22H,1H3. The Kier molecular flexibility index (Phi) is 6.52. The Morgan fingerprint density at radius 2 is 1.16 bits per heavy atom. The van der Waals surface area contributed by atoms with E-state index in [1.54, 1.807) is 6.92 Å². The van der Waals surface area contributed by atoms with Gasteiger partial charge in [-0.1, -0.05) is 115 Å². The molecule has 0 N–H and O–H groups in total. The predicted octanol–water partition coefficient (Wildman–Crippen LogP) is 4.39. The molecule has 1 nitrogen and oxygen atoms in total. The summed E-state index contributed by atoms with van der Waals surface area (Å²) < 4.78 is 0. The lowest BCUT2D eigenvalue weighted by molar-refractivity contribution is -0.109. The Bertz CT molecular complexity index is 1130. The van der Waals surface area contributed by atoms with Crippen molar-refractivity contribution in [1.82, 2.24) is 0 Å². The molecular weight excluding hydrogens is 412 g/mol. The molecule has 0 amide bonds. The molecule has 0 spiro atoms. The van der Waals surface area contributed by atoms with Crippen molar-refractivity contribution in [3.05, 3.63) is 121 Å². The van der Waals surface area contributed by atoms with Crippen molar-refractivity contribution in [3.8, 4) is 11.5 Å². The molecule has 0 aliphatic rings. The van der Waals surface area contributed by atoms with E-state index in [1.807, 2.05) is 24.3 Å². The van der Waals surface area contributed by atoms with Crippen molar-refractivity contribution >= 4 is 40.5 Å². The molecule has 0 aromatic heterocycles. The van der Waals surface area contributed by atoms with Gasteiger partial charge in [-0.3, -0.25) is 4.79 Å². The van der Waals surface area contributed by atoms with Gasteiger partial charge in [0.25, 0.3) is 0 Å². The molecule has 0 aliphatic carbocycles. The Hall–Kier alpha value is -3.32. The summed E-state index contributed by atoms with van der Waals surface area (Å²) in [5.74, 6) is 3.48. The van der Waals surface area contributed by atoms with Gasteiger partial charge in [0.2, 0.25) is 8.07 Å². The van der Waals surface area contributed by atoms with Crippen LogP contribution in [0.4, 0.5) is 0 Å². The minimum absolute atomic E-state index is 0.0756. The molecule has 0 saturated heterocycles. The Balaban J connectivity index is 1.94. The van der Waals surface area contributed by atoms with Gasteiger partial charge < -0.3 is 0 Å². The molecule has 0 saturated carbocycles. The SMILES string of the molecule is CC(=O)Sc1cccc(C#C[Si](c2ccccc2)(c2ccccc2)c2ccccc2)c1. The summed E-state index contributed by atoms with van der Waals surface area (Å²) in [7, 11) is -2.59. The number of carbonyl (C=O) groups is 1. The van der Waals surface area contributed by atoms with Crippen LogP contribution in [-0.4, -0.2) is 13.2 Å². The summed E-state index contributed by atoms with van der Waals surface area (Å²) in [5, 5.41) is 3.85. The fourth-order valence-electron chi connectivity index (χ4n) is 3.75. The van der Waals surface area contributed by atoms with Gasteiger partial charge in [0, 0.05) is 17.4 Å². The zero-order valence-electron chi connectivity index (χ0n) is 17.3. The zero-order chi connectivity index (χ0) is 21.5. The summed E-state index contributed by atoms with van der Waals surface area (Å²) in [5.41, 5.74) is 4.70. The lowest BCUT2D eigenvalue weighted by Gasteiger charge is -2.28. The molecule has 4 aromatic rings. The van der Waals surface area contributed by atoms with E-state index < -0.39 is 8.07 Å². The first-order chi connectivity index (χ1) is 15.2. The number of hydrogen-bond acceptors (Lipinski definition) is 2. The Morgan fingerprint density at radius 1 is 0.677 bits per heavy atom. The normalized spacial score (nSPS) is 10.7.